The lowest BCUT2D eigenvalue weighted by Crippen LogP contribution is -2.43. The normalized spacial score (nSPS) is 18.9. The van der Waals surface area contributed by atoms with Gasteiger partial charge in [-0.1, -0.05) is 40.2 Å². The third-order valence-electron chi connectivity index (χ3n) is 4.56. The van der Waals surface area contributed by atoms with E-state index in [2.05, 4.69) is 33.0 Å². The summed E-state index contributed by atoms with van der Waals surface area (Å²) in [4.78, 5) is 13.8. The van der Waals surface area contributed by atoms with Crippen LogP contribution >= 0.6 is 15.9 Å². The Morgan fingerprint density at radius 1 is 1.30 bits per heavy atom. The fourth-order valence-electron chi connectivity index (χ4n) is 3.17. The molecule has 2 unspecified atom stereocenters. The number of β-amino-alcohol motifs (C(OH)–C–C–N with tert-alkyl or cyclic N) is 1. The molecular weight excluding hydrogens is 410 g/mol. The van der Waals surface area contributed by atoms with E-state index in [-0.39, 0.29) is 18.5 Å². The molecule has 6 heteroatoms. The number of ketones is 1. The lowest BCUT2D eigenvalue weighted by atomic mass is 10.1. The smallest absolute Gasteiger partial charge is 0.163 e. The standard InChI is InChI=1S/C21H24BrNO4/c1-15(24)19-4-2-3-5-20(19)27-14-18(25)12-23-10-11-26-21(13-23)16-6-8-17(22)9-7-16/h2-9,18,21,25H,10-14H2,1H3. The summed E-state index contributed by atoms with van der Waals surface area (Å²) in [7, 11) is 0. The molecular formula is C21H24BrNO4. The third kappa shape index (κ3) is 5.62. The lowest BCUT2D eigenvalue weighted by molar-refractivity contribution is -0.0459. The zero-order chi connectivity index (χ0) is 19.2. The Hall–Kier alpha value is -1.73. The maximum atomic E-state index is 11.7. The number of para-hydroxylation sites is 1. The van der Waals surface area contributed by atoms with Crippen LogP contribution in [0.25, 0.3) is 0 Å². The molecule has 1 fully saturated rings. The molecule has 1 N–H and O–H groups in total. The number of aliphatic hydroxyl groups excluding tert-OH is 1. The maximum Gasteiger partial charge on any atom is 0.163 e. The largest absolute Gasteiger partial charge is 0.490 e. The zero-order valence-corrected chi connectivity index (χ0v) is 16.9. The van der Waals surface area contributed by atoms with Gasteiger partial charge in [-0.25, -0.2) is 0 Å². The highest BCUT2D eigenvalue weighted by Gasteiger charge is 2.24. The van der Waals surface area contributed by atoms with Crippen LogP contribution in [0.5, 0.6) is 5.75 Å². The second-order valence-corrected chi connectivity index (χ2v) is 7.60. The molecule has 3 rings (SSSR count). The molecule has 0 spiro atoms. The van der Waals surface area contributed by atoms with Crippen LogP contribution in [0, 0.1) is 0 Å². The Kier molecular flexibility index (Phi) is 7.01. The highest BCUT2D eigenvalue weighted by molar-refractivity contribution is 9.10. The Bertz CT molecular complexity index is 765. The molecule has 0 amide bonds. The number of benzene rings is 2. The molecule has 1 aliphatic heterocycles. The summed E-state index contributed by atoms with van der Waals surface area (Å²) in [5.41, 5.74) is 1.66. The topological polar surface area (TPSA) is 59.0 Å². The van der Waals surface area contributed by atoms with Gasteiger partial charge in [0.15, 0.2) is 5.78 Å². The van der Waals surface area contributed by atoms with Gasteiger partial charge in [0.1, 0.15) is 18.5 Å². The summed E-state index contributed by atoms with van der Waals surface area (Å²) in [6.07, 6.45) is -0.646. The van der Waals surface area contributed by atoms with E-state index >= 15 is 0 Å². The molecule has 2 aromatic rings. The van der Waals surface area contributed by atoms with Gasteiger partial charge in [-0.2, -0.15) is 0 Å². The van der Waals surface area contributed by atoms with Gasteiger partial charge in [0, 0.05) is 24.1 Å². The fourth-order valence-corrected chi connectivity index (χ4v) is 3.43. The fraction of sp³-hybridized carbons (Fsp3) is 0.381. The van der Waals surface area contributed by atoms with Crippen molar-refractivity contribution in [3.8, 4) is 5.75 Å². The molecule has 0 bridgehead atoms. The number of carbonyl (C=O) groups is 1. The van der Waals surface area contributed by atoms with Crippen LogP contribution in [0.4, 0.5) is 0 Å². The molecule has 27 heavy (non-hydrogen) atoms. The van der Waals surface area contributed by atoms with Gasteiger partial charge in [0.2, 0.25) is 0 Å². The van der Waals surface area contributed by atoms with Crippen LogP contribution < -0.4 is 4.74 Å². The molecule has 2 atom stereocenters. The van der Waals surface area contributed by atoms with Crippen LogP contribution in [0.15, 0.2) is 53.0 Å². The van der Waals surface area contributed by atoms with E-state index in [1.54, 1.807) is 18.2 Å². The first-order chi connectivity index (χ1) is 13.0. The molecule has 1 aliphatic rings. The number of ether oxygens (including phenoxy) is 2. The first kappa shape index (κ1) is 20.0. The number of Topliss-reactive ketones (excluding diaryl/α,β-unsaturated/α-hetero) is 1. The van der Waals surface area contributed by atoms with Crippen molar-refractivity contribution in [3.63, 3.8) is 0 Å². The van der Waals surface area contributed by atoms with E-state index in [4.69, 9.17) is 9.47 Å². The van der Waals surface area contributed by atoms with Crippen molar-refractivity contribution < 1.29 is 19.4 Å². The van der Waals surface area contributed by atoms with Crippen LogP contribution in [-0.2, 0) is 4.74 Å². The molecule has 0 radical (unpaired) electrons. The molecule has 0 aliphatic carbocycles. The number of halogens is 1. The minimum Gasteiger partial charge on any atom is -0.490 e. The molecule has 5 nitrogen and oxygen atoms in total. The summed E-state index contributed by atoms with van der Waals surface area (Å²) >= 11 is 3.45. The number of rotatable bonds is 7. The monoisotopic (exact) mass is 433 g/mol. The van der Waals surface area contributed by atoms with Crippen molar-refractivity contribution in [3.05, 3.63) is 64.1 Å². The Morgan fingerprint density at radius 2 is 2.04 bits per heavy atom. The molecule has 0 aromatic heterocycles. The number of hydrogen-bond donors (Lipinski definition) is 1. The maximum absolute atomic E-state index is 11.7. The average molecular weight is 434 g/mol. The number of hydrogen-bond acceptors (Lipinski definition) is 5. The summed E-state index contributed by atoms with van der Waals surface area (Å²) in [5, 5.41) is 10.4. The molecule has 2 aromatic carbocycles. The summed E-state index contributed by atoms with van der Waals surface area (Å²) in [6.45, 7) is 4.27. The molecule has 0 saturated carbocycles. The number of nitrogens with zero attached hydrogens (tertiary/aromatic N) is 1. The van der Waals surface area contributed by atoms with E-state index in [1.165, 1.54) is 6.92 Å². The minimum absolute atomic E-state index is 0.00147. The van der Waals surface area contributed by atoms with Crippen LogP contribution in [0.3, 0.4) is 0 Å². The summed E-state index contributed by atoms with van der Waals surface area (Å²) < 4.78 is 12.6. The lowest BCUT2D eigenvalue weighted by Gasteiger charge is -2.34. The highest BCUT2D eigenvalue weighted by Crippen LogP contribution is 2.24. The van der Waals surface area contributed by atoms with E-state index in [0.717, 1.165) is 23.1 Å². The van der Waals surface area contributed by atoms with Crippen LogP contribution in [-0.4, -0.2) is 54.7 Å². The minimum atomic E-state index is -0.645. The number of morpholine rings is 1. The predicted octanol–water partition coefficient (Wildman–Crippen LogP) is 3.46. The quantitative estimate of drug-likeness (QED) is 0.677. The van der Waals surface area contributed by atoms with Gasteiger partial charge < -0.3 is 14.6 Å². The predicted molar refractivity (Wildman–Crippen MR) is 107 cm³/mol. The van der Waals surface area contributed by atoms with Gasteiger partial charge in [-0.3, -0.25) is 9.69 Å². The van der Waals surface area contributed by atoms with Crippen LogP contribution in [0.2, 0.25) is 0 Å². The molecule has 1 heterocycles. The summed E-state index contributed by atoms with van der Waals surface area (Å²) in [5.74, 6) is 0.462. The zero-order valence-electron chi connectivity index (χ0n) is 15.3. The Labute approximate surface area is 168 Å². The van der Waals surface area contributed by atoms with Gasteiger partial charge in [0.25, 0.3) is 0 Å². The number of aliphatic hydroxyl groups is 1. The Morgan fingerprint density at radius 3 is 2.78 bits per heavy atom. The van der Waals surface area contributed by atoms with E-state index in [9.17, 15) is 9.90 Å². The van der Waals surface area contributed by atoms with Crippen molar-refractivity contribution >= 4 is 21.7 Å². The second-order valence-electron chi connectivity index (χ2n) is 6.69. The molecule has 1 saturated heterocycles. The highest BCUT2D eigenvalue weighted by atomic mass is 79.9. The second kappa shape index (κ2) is 9.46. The van der Waals surface area contributed by atoms with Gasteiger partial charge in [0.05, 0.1) is 18.3 Å². The van der Waals surface area contributed by atoms with Crippen molar-refractivity contribution in [1.82, 2.24) is 4.90 Å². The van der Waals surface area contributed by atoms with Crippen molar-refractivity contribution in [2.24, 2.45) is 0 Å². The van der Waals surface area contributed by atoms with Crippen LogP contribution in [0.1, 0.15) is 28.9 Å². The van der Waals surface area contributed by atoms with Gasteiger partial charge in [-0.15, -0.1) is 0 Å². The third-order valence-corrected chi connectivity index (χ3v) is 5.09. The van der Waals surface area contributed by atoms with E-state index < -0.39 is 6.10 Å². The van der Waals surface area contributed by atoms with Gasteiger partial charge in [-0.05, 0) is 36.8 Å². The van der Waals surface area contributed by atoms with Crippen molar-refractivity contribution in [2.45, 2.75) is 19.1 Å². The molecule has 144 valence electrons. The van der Waals surface area contributed by atoms with Gasteiger partial charge >= 0.3 is 0 Å². The first-order valence-electron chi connectivity index (χ1n) is 9.03. The van der Waals surface area contributed by atoms with Crippen molar-refractivity contribution in [2.75, 3.05) is 32.8 Å². The summed E-state index contributed by atoms with van der Waals surface area (Å²) in [6, 6.07) is 15.2. The number of carbonyl (C=O) groups excluding carboxylic acids is 1. The first-order valence-corrected chi connectivity index (χ1v) is 9.82. The Balaban J connectivity index is 1.52. The van der Waals surface area contributed by atoms with E-state index in [1.807, 2.05) is 18.2 Å². The SMILES string of the molecule is CC(=O)c1ccccc1OCC(O)CN1CCOC(c2ccc(Br)cc2)C1. The van der Waals surface area contributed by atoms with E-state index in [0.29, 0.717) is 24.5 Å². The average Bonchev–Trinajstić information content (AvgIpc) is 2.67. The van der Waals surface area contributed by atoms with Crippen molar-refractivity contribution in [1.29, 1.82) is 0 Å².